The monoisotopic (exact) mass is 299 g/mol. The van der Waals surface area contributed by atoms with Crippen molar-refractivity contribution in [1.29, 1.82) is 0 Å². The lowest BCUT2D eigenvalue weighted by Crippen LogP contribution is -2.38. The minimum Gasteiger partial charge on any atom is -0.444 e. The van der Waals surface area contributed by atoms with Crippen LogP contribution in [0.5, 0.6) is 0 Å². The van der Waals surface area contributed by atoms with Gasteiger partial charge in [-0.15, -0.1) is 0 Å². The van der Waals surface area contributed by atoms with Crippen LogP contribution in [-0.4, -0.2) is 28.0 Å². The Labute approximate surface area is 128 Å². The Hall–Kier alpha value is -2.63. The number of hydrogen-bond acceptors (Lipinski definition) is 4. The fourth-order valence-corrected chi connectivity index (χ4v) is 2.54. The molecule has 22 heavy (non-hydrogen) atoms. The summed E-state index contributed by atoms with van der Waals surface area (Å²) in [6.45, 7) is 2.95. The molecule has 1 amide bonds. The van der Waals surface area contributed by atoms with E-state index in [1.807, 2.05) is 30.3 Å². The molecule has 0 saturated carbocycles. The van der Waals surface area contributed by atoms with Crippen molar-refractivity contribution in [2.45, 2.75) is 26.5 Å². The first kappa shape index (κ1) is 14.3. The van der Waals surface area contributed by atoms with Crippen LogP contribution in [0.3, 0.4) is 0 Å². The van der Waals surface area contributed by atoms with E-state index >= 15 is 0 Å². The van der Waals surface area contributed by atoms with E-state index < -0.39 is 6.09 Å². The van der Waals surface area contributed by atoms with Crippen molar-refractivity contribution >= 4 is 17.8 Å². The number of aromatic nitrogens is 2. The first-order chi connectivity index (χ1) is 10.7. The van der Waals surface area contributed by atoms with Gasteiger partial charge in [0.05, 0.1) is 6.20 Å². The number of imidazole rings is 1. The average molecular weight is 299 g/mol. The molecule has 6 nitrogen and oxygen atoms in total. The van der Waals surface area contributed by atoms with Gasteiger partial charge in [0.1, 0.15) is 12.3 Å². The number of rotatable bonds is 3. The van der Waals surface area contributed by atoms with E-state index in [-0.39, 0.29) is 12.4 Å². The van der Waals surface area contributed by atoms with Crippen molar-refractivity contribution in [3.05, 3.63) is 47.8 Å². The molecule has 0 atom stereocenters. The van der Waals surface area contributed by atoms with Crippen molar-refractivity contribution < 1.29 is 14.3 Å². The predicted octanol–water partition coefficient (Wildman–Crippen LogP) is 2.63. The van der Waals surface area contributed by atoms with Crippen molar-refractivity contribution in [3.63, 3.8) is 0 Å². The van der Waals surface area contributed by atoms with E-state index in [0.29, 0.717) is 24.7 Å². The normalized spacial score (nSPS) is 13.6. The smallest absolute Gasteiger partial charge is 0.416 e. The molecule has 0 bridgehead atoms. The average Bonchev–Trinajstić information content (AvgIpc) is 2.97. The predicted molar refractivity (Wildman–Crippen MR) is 80.8 cm³/mol. The Morgan fingerprint density at radius 1 is 1.23 bits per heavy atom. The lowest BCUT2D eigenvalue weighted by atomic mass is 10.2. The highest BCUT2D eigenvalue weighted by atomic mass is 16.6. The molecule has 0 fully saturated rings. The molecule has 3 rings (SSSR count). The molecule has 0 N–H and O–H groups in total. The number of amides is 1. The van der Waals surface area contributed by atoms with Crippen LogP contribution in [0.1, 0.15) is 29.4 Å². The summed E-state index contributed by atoms with van der Waals surface area (Å²) in [4.78, 5) is 29.5. The molecule has 6 heteroatoms. The second-order valence-corrected chi connectivity index (χ2v) is 5.20. The highest BCUT2D eigenvalue weighted by Crippen LogP contribution is 2.22. The number of carbonyl (C=O) groups excluding carboxylic acids is 2. The van der Waals surface area contributed by atoms with Gasteiger partial charge in [0.2, 0.25) is 5.95 Å². The zero-order chi connectivity index (χ0) is 15.5. The van der Waals surface area contributed by atoms with Gasteiger partial charge < -0.3 is 9.30 Å². The number of hydrogen-bond donors (Lipinski definition) is 0. The van der Waals surface area contributed by atoms with Crippen molar-refractivity contribution in [1.82, 2.24) is 9.55 Å². The quantitative estimate of drug-likeness (QED) is 0.817. The Kier molecular flexibility index (Phi) is 3.91. The maximum absolute atomic E-state index is 12.3. The van der Waals surface area contributed by atoms with Crippen LogP contribution >= 0.6 is 0 Å². The number of ketones is 1. The van der Waals surface area contributed by atoms with Gasteiger partial charge in [-0.2, -0.15) is 0 Å². The Balaban J connectivity index is 1.73. The van der Waals surface area contributed by atoms with Crippen molar-refractivity contribution in [2.24, 2.45) is 0 Å². The maximum Gasteiger partial charge on any atom is 0.416 e. The number of Topliss-reactive ketones (excluding diaryl/α,β-unsaturated/α-hetero) is 1. The third-order valence-corrected chi connectivity index (χ3v) is 3.63. The molecular formula is C16H17N3O3. The van der Waals surface area contributed by atoms with Crippen LogP contribution in [0.15, 0.2) is 36.5 Å². The van der Waals surface area contributed by atoms with Gasteiger partial charge in [0.15, 0.2) is 5.78 Å². The maximum atomic E-state index is 12.3. The van der Waals surface area contributed by atoms with E-state index in [1.54, 1.807) is 4.57 Å². The van der Waals surface area contributed by atoms with Crippen LogP contribution in [-0.2, 0) is 17.9 Å². The summed E-state index contributed by atoms with van der Waals surface area (Å²) < 4.78 is 7.12. The molecule has 0 saturated heterocycles. The zero-order valence-corrected chi connectivity index (χ0v) is 12.4. The van der Waals surface area contributed by atoms with Crippen LogP contribution in [0, 0.1) is 0 Å². The molecular weight excluding hydrogens is 282 g/mol. The number of anilines is 1. The summed E-state index contributed by atoms with van der Waals surface area (Å²) in [5.74, 6) is 0.424. The largest absolute Gasteiger partial charge is 0.444 e. The Morgan fingerprint density at radius 3 is 2.73 bits per heavy atom. The van der Waals surface area contributed by atoms with Gasteiger partial charge in [-0.05, 0) is 12.0 Å². The topological polar surface area (TPSA) is 64.4 Å². The number of carbonyl (C=O) groups is 2. The molecule has 0 spiro atoms. The number of nitrogens with zero attached hydrogens (tertiary/aromatic N) is 3. The summed E-state index contributed by atoms with van der Waals surface area (Å²) in [6.07, 6.45) is 1.84. The van der Waals surface area contributed by atoms with Crippen LogP contribution in [0.2, 0.25) is 0 Å². The van der Waals surface area contributed by atoms with E-state index in [1.165, 1.54) is 18.0 Å². The van der Waals surface area contributed by atoms with Crippen LogP contribution in [0.25, 0.3) is 0 Å². The van der Waals surface area contributed by atoms with E-state index in [2.05, 4.69) is 4.98 Å². The fraction of sp³-hybridized carbons (Fsp3) is 0.312. The summed E-state index contributed by atoms with van der Waals surface area (Å²) in [5.41, 5.74) is 1.45. The second kappa shape index (κ2) is 6.01. The Bertz CT molecular complexity index is 694. The molecule has 1 aromatic heterocycles. The van der Waals surface area contributed by atoms with Gasteiger partial charge in [0.25, 0.3) is 0 Å². The molecule has 0 radical (unpaired) electrons. The highest BCUT2D eigenvalue weighted by molar-refractivity contribution is 5.94. The lowest BCUT2D eigenvalue weighted by molar-refractivity contribution is 0.100. The molecule has 1 aromatic carbocycles. The highest BCUT2D eigenvalue weighted by Gasteiger charge is 2.28. The van der Waals surface area contributed by atoms with Gasteiger partial charge in [0, 0.05) is 20.0 Å². The summed E-state index contributed by atoms with van der Waals surface area (Å²) in [6, 6.07) is 9.51. The molecule has 114 valence electrons. The summed E-state index contributed by atoms with van der Waals surface area (Å²) >= 11 is 0. The fourth-order valence-electron chi connectivity index (χ4n) is 2.54. The second-order valence-electron chi connectivity index (χ2n) is 5.20. The first-order valence-electron chi connectivity index (χ1n) is 7.21. The molecule has 0 unspecified atom stereocenters. The number of fused-ring (bicyclic) bond motifs is 1. The number of benzene rings is 1. The van der Waals surface area contributed by atoms with Crippen LogP contribution in [0.4, 0.5) is 10.7 Å². The Morgan fingerprint density at radius 2 is 2.00 bits per heavy atom. The minimum atomic E-state index is -0.439. The molecule has 2 aromatic rings. The number of ether oxygens (including phenoxy) is 1. The first-order valence-corrected chi connectivity index (χ1v) is 7.21. The lowest BCUT2D eigenvalue weighted by Gasteiger charge is -2.27. The van der Waals surface area contributed by atoms with Gasteiger partial charge >= 0.3 is 6.09 Å². The van der Waals surface area contributed by atoms with Gasteiger partial charge in [-0.1, -0.05) is 30.3 Å². The van der Waals surface area contributed by atoms with Crippen molar-refractivity contribution in [2.75, 3.05) is 11.4 Å². The van der Waals surface area contributed by atoms with E-state index in [9.17, 15) is 9.59 Å². The van der Waals surface area contributed by atoms with Gasteiger partial charge in [-0.3, -0.25) is 4.79 Å². The third-order valence-electron chi connectivity index (χ3n) is 3.63. The summed E-state index contributed by atoms with van der Waals surface area (Å²) in [7, 11) is 0. The van der Waals surface area contributed by atoms with Crippen LogP contribution < -0.4 is 4.90 Å². The summed E-state index contributed by atoms with van der Waals surface area (Å²) in [5, 5.41) is 0. The minimum absolute atomic E-state index is 0.0572. The van der Waals surface area contributed by atoms with E-state index in [4.69, 9.17) is 4.74 Å². The molecule has 1 aliphatic heterocycles. The molecule has 1 aliphatic rings. The molecule has 2 heterocycles. The van der Waals surface area contributed by atoms with Crippen molar-refractivity contribution in [3.8, 4) is 0 Å². The standard InChI is InChI=1S/C16H17N3O3/c1-12(20)14-10-17-15-18(14)8-5-9-19(15)16(21)22-11-13-6-3-2-4-7-13/h2-4,6-7,10H,5,8-9,11H2,1H3. The van der Waals surface area contributed by atoms with Gasteiger partial charge in [-0.25, -0.2) is 14.7 Å². The SMILES string of the molecule is CC(=O)c1cnc2n1CCCN2C(=O)OCc1ccccc1. The van der Waals surface area contributed by atoms with E-state index in [0.717, 1.165) is 12.0 Å². The third kappa shape index (κ3) is 2.72. The molecule has 0 aliphatic carbocycles. The zero-order valence-electron chi connectivity index (χ0n) is 12.4.